The Kier molecular flexibility index (Phi) is 3.21. The van der Waals surface area contributed by atoms with Crippen LogP contribution in [0.5, 0.6) is 0 Å². The molecule has 16 heavy (non-hydrogen) atoms. The van der Waals surface area contributed by atoms with E-state index < -0.39 is 0 Å². The van der Waals surface area contributed by atoms with Crippen LogP contribution in [0.25, 0.3) is 0 Å². The van der Waals surface area contributed by atoms with Gasteiger partial charge in [0.25, 0.3) is 0 Å². The van der Waals surface area contributed by atoms with Crippen LogP contribution in [0.15, 0.2) is 29.2 Å². The second-order valence-corrected chi connectivity index (χ2v) is 5.06. The third kappa shape index (κ3) is 2.23. The van der Waals surface area contributed by atoms with Crippen LogP contribution in [0.2, 0.25) is 0 Å². The lowest BCUT2D eigenvalue weighted by molar-refractivity contribution is -0.120. The fourth-order valence-electron chi connectivity index (χ4n) is 1.68. The second kappa shape index (κ2) is 4.63. The molecule has 2 rings (SSSR count). The van der Waals surface area contributed by atoms with Crippen molar-refractivity contribution in [2.45, 2.75) is 29.5 Å². The van der Waals surface area contributed by atoms with Gasteiger partial charge < -0.3 is 5.32 Å². The van der Waals surface area contributed by atoms with E-state index in [-0.39, 0.29) is 17.2 Å². The topological polar surface area (TPSA) is 29.1 Å². The first-order valence-electron chi connectivity index (χ1n) is 5.22. The van der Waals surface area contributed by atoms with Crippen molar-refractivity contribution in [2.75, 3.05) is 0 Å². The van der Waals surface area contributed by atoms with Gasteiger partial charge >= 0.3 is 0 Å². The fourth-order valence-corrected chi connectivity index (χ4v) is 2.88. The number of hydrogen-bond donors (Lipinski definition) is 1. The van der Waals surface area contributed by atoms with Crippen molar-refractivity contribution in [3.05, 3.63) is 29.8 Å². The maximum Gasteiger partial charge on any atom is 0.234 e. The molecule has 1 aromatic rings. The third-order valence-corrected chi connectivity index (χ3v) is 3.87. The van der Waals surface area contributed by atoms with E-state index in [1.54, 1.807) is 11.8 Å². The van der Waals surface area contributed by atoms with Crippen LogP contribution in [-0.2, 0) is 11.2 Å². The monoisotopic (exact) mass is 231 g/mol. The van der Waals surface area contributed by atoms with E-state index in [0.29, 0.717) is 0 Å². The molecule has 1 aliphatic heterocycles. The summed E-state index contributed by atoms with van der Waals surface area (Å²) in [5.41, 5.74) is 1.25. The zero-order chi connectivity index (χ0) is 11.5. The van der Waals surface area contributed by atoms with Gasteiger partial charge in [-0.05, 0) is 25.0 Å². The van der Waals surface area contributed by atoms with Gasteiger partial charge in [-0.2, -0.15) is 0 Å². The standard InChI is InChI=1S/C13H13NOS/c1-3-9(2)14-13(15)12-8-10-6-4-5-7-11(10)16-12/h1,4-7,9,12H,8H2,2H3,(H,14,15). The molecule has 0 aliphatic carbocycles. The molecule has 2 unspecified atom stereocenters. The lowest BCUT2D eigenvalue weighted by Gasteiger charge is -2.11. The summed E-state index contributed by atoms with van der Waals surface area (Å²) >= 11 is 1.62. The predicted molar refractivity (Wildman–Crippen MR) is 66.2 cm³/mol. The zero-order valence-corrected chi connectivity index (χ0v) is 9.88. The van der Waals surface area contributed by atoms with Crippen molar-refractivity contribution >= 4 is 17.7 Å². The lowest BCUT2D eigenvalue weighted by Crippen LogP contribution is -2.37. The summed E-state index contributed by atoms with van der Waals surface area (Å²) in [6.07, 6.45) is 6.03. The summed E-state index contributed by atoms with van der Waals surface area (Å²) in [5.74, 6) is 2.53. The lowest BCUT2D eigenvalue weighted by atomic mass is 10.1. The van der Waals surface area contributed by atoms with E-state index in [1.165, 1.54) is 10.5 Å². The van der Waals surface area contributed by atoms with E-state index in [1.807, 2.05) is 19.1 Å². The largest absolute Gasteiger partial charge is 0.342 e. The number of fused-ring (bicyclic) bond motifs is 1. The number of terminal acetylenes is 1. The first kappa shape index (κ1) is 11.1. The van der Waals surface area contributed by atoms with Crippen molar-refractivity contribution in [1.82, 2.24) is 5.32 Å². The molecule has 1 amide bonds. The Morgan fingerprint density at radius 1 is 1.62 bits per heavy atom. The molecule has 1 heterocycles. The highest BCUT2D eigenvalue weighted by molar-refractivity contribution is 8.01. The van der Waals surface area contributed by atoms with Crippen LogP contribution in [0, 0.1) is 12.3 Å². The van der Waals surface area contributed by atoms with Gasteiger partial charge in [0.1, 0.15) is 0 Å². The highest BCUT2D eigenvalue weighted by Crippen LogP contribution is 2.36. The van der Waals surface area contributed by atoms with Crippen molar-refractivity contribution in [2.24, 2.45) is 0 Å². The van der Waals surface area contributed by atoms with Gasteiger partial charge in [-0.1, -0.05) is 24.1 Å². The van der Waals surface area contributed by atoms with Gasteiger partial charge in [-0.15, -0.1) is 18.2 Å². The van der Waals surface area contributed by atoms with Gasteiger partial charge in [0.05, 0.1) is 11.3 Å². The number of carbonyl (C=O) groups excluding carboxylic acids is 1. The summed E-state index contributed by atoms with van der Waals surface area (Å²) in [5, 5.41) is 2.78. The molecule has 1 aliphatic rings. The maximum absolute atomic E-state index is 11.9. The van der Waals surface area contributed by atoms with Crippen molar-refractivity contribution in [3.63, 3.8) is 0 Å². The smallest absolute Gasteiger partial charge is 0.234 e. The molecule has 0 fully saturated rings. The molecular weight excluding hydrogens is 218 g/mol. The third-order valence-electron chi connectivity index (χ3n) is 2.55. The summed E-state index contributed by atoms with van der Waals surface area (Å²) < 4.78 is 0. The second-order valence-electron chi connectivity index (χ2n) is 3.82. The minimum absolute atomic E-state index is 0.0339. The van der Waals surface area contributed by atoms with Crippen LogP contribution in [0.3, 0.4) is 0 Å². The van der Waals surface area contributed by atoms with Crippen molar-refractivity contribution in [3.8, 4) is 12.3 Å². The maximum atomic E-state index is 11.9. The average Bonchev–Trinajstić information content (AvgIpc) is 2.72. The van der Waals surface area contributed by atoms with Gasteiger partial charge in [-0.25, -0.2) is 0 Å². The molecular formula is C13H13NOS. The van der Waals surface area contributed by atoms with Gasteiger partial charge in [0.15, 0.2) is 0 Å². The van der Waals surface area contributed by atoms with Gasteiger partial charge in [0.2, 0.25) is 5.91 Å². The summed E-state index contributed by atoms with van der Waals surface area (Å²) in [7, 11) is 0. The van der Waals surface area contributed by atoms with Gasteiger partial charge in [0, 0.05) is 4.90 Å². The molecule has 82 valence electrons. The number of rotatable bonds is 2. The SMILES string of the molecule is C#CC(C)NC(=O)C1Cc2ccccc2S1. The highest BCUT2D eigenvalue weighted by Gasteiger charge is 2.28. The van der Waals surface area contributed by atoms with Crippen molar-refractivity contribution < 1.29 is 4.79 Å². The Morgan fingerprint density at radius 2 is 2.38 bits per heavy atom. The molecule has 0 saturated heterocycles. The van der Waals surface area contributed by atoms with Crippen LogP contribution < -0.4 is 5.32 Å². The number of amides is 1. The quantitative estimate of drug-likeness (QED) is 0.787. The molecule has 0 aromatic heterocycles. The number of benzene rings is 1. The van der Waals surface area contributed by atoms with Gasteiger partial charge in [-0.3, -0.25) is 4.79 Å². The molecule has 0 radical (unpaired) electrons. The Balaban J connectivity index is 2.01. The molecule has 2 nitrogen and oxygen atoms in total. The molecule has 3 heteroatoms. The fraction of sp³-hybridized carbons (Fsp3) is 0.308. The number of nitrogens with one attached hydrogen (secondary N) is 1. The number of carbonyl (C=O) groups is 1. The minimum atomic E-state index is -0.197. The Labute approximate surface area is 99.8 Å². The molecule has 0 bridgehead atoms. The van der Waals surface area contributed by atoms with Crippen LogP contribution in [0.1, 0.15) is 12.5 Å². The molecule has 1 N–H and O–H groups in total. The summed E-state index contributed by atoms with van der Waals surface area (Å²) in [6, 6.07) is 7.93. The summed E-state index contributed by atoms with van der Waals surface area (Å²) in [6.45, 7) is 1.81. The van der Waals surface area contributed by atoms with Crippen LogP contribution in [-0.4, -0.2) is 17.2 Å². The number of thioether (sulfide) groups is 1. The molecule has 2 atom stereocenters. The zero-order valence-electron chi connectivity index (χ0n) is 9.07. The predicted octanol–water partition coefficient (Wildman–Crippen LogP) is 1.84. The van der Waals surface area contributed by atoms with E-state index in [0.717, 1.165) is 6.42 Å². The molecule has 1 aromatic carbocycles. The molecule has 0 saturated carbocycles. The first-order valence-corrected chi connectivity index (χ1v) is 6.09. The Bertz CT molecular complexity index is 424. The van der Waals surface area contributed by atoms with E-state index >= 15 is 0 Å². The highest BCUT2D eigenvalue weighted by atomic mass is 32.2. The number of hydrogen-bond acceptors (Lipinski definition) is 2. The first-order chi connectivity index (χ1) is 7.70. The Hall–Kier alpha value is -1.40. The van der Waals surface area contributed by atoms with Crippen molar-refractivity contribution in [1.29, 1.82) is 0 Å². The molecule has 0 spiro atoms. The van der Waals surface area contributed by atoms with Crippen LogP contribution >= 0.6 is 11.8 Å². The summed E-state index contributed by atoms with van der Waals surface area (Å²) in [4.78, 5) is 13.1. The minimum Gasteiger partial charge on any atom is -0.342 e. The van der Waals surface area contributed by atoms with E-state index in [4.69, 9.17) is 6.42 Å². The Morgan fingerprint density at radius 3 is 3.06 bits per heavy atom. The van der Waals surface area contributed by atoms with E-state index in [2.05, 4.69) is 23.4 Å². The van der Waals surface area contributed by atoms with E-state index in [9.17, 15) is 4.79 Å². The normalized spacial score (nSPS) is 19.6. The average molecular weight is 231 g/mol. The van der Waals surface area contributed by atoms with Crippen LogP contribution in [0.4, 0.5) is 0 Å².